The van der Waals surface area contributed by atoms with Gasteiger partial charge in [0.1, 0.15) is 5.75 Å². The average Bonchev–Trinajstić information content (AvgIpc) is 2.79. The summed E-state index contributed by atoms with van der Waals surface area (Å²) in [6.07, 6.45) is 5.34. The van der Waals surface area contributed by atoms with Crippen LogP contribution in [0.2, 0.25) is 0 Å². The molecule has 3 rings (SSSR count). The summed E-state index contributed by atoms with van der Waals surface area (Å²) in [5.74, 6) is 0.995. The average molecular weight is 387 g/mol. The highest BCUT2D eigenvalue weighted by atomic mass is 16.5. The highest BCUT2D eigenvalue weighted by molar-refractivity contribution is 5.79. The van der Waals surface area contributed by atoms with Crippen LogP contribution in [0.15, 0.2) is 60.7 Å². The largest absolute Gasteiger partial charge is 0.493 e. The van der Waals surface area contributed by atoms with E-state index in [2.05, 4.69) is 88.4 Å². The molecular weight excluding hydrogens is 352 g/mol. The third-order valence-corrected chi connectivity index (χ3v) is 5.69. The van der Waals surface area contributed by atoms with Crippen LogP contribution >= 0.6 is 0 Å². The zero-order valence-electron chi connectivity index (χ0n) is 18.4. The van der Waals surface area contributed by atoms with Gasteiger partial charge in [0.15, 0.2) is 0 Å². The smallest absolute Gasteiger partial charge is 0.127 e. The van der Waals surface area contributed by atoms with Crippen molar-refractivity contribution in [1.82, 2.24) is 0 Å². The molecule has 0 bridgehead atoms. The molecule has 0 aliphatic carbocycles. The zero-order valence-corrected chi connectivity index (χ0v) is 18.4. The molecule has 0 spiro atoms. The highest BCUT2D eigenvalue weighted by Gasteiger charge is 2.14. The van der Waals surface area contributed by atoms with Crippen molar-refractivity contribution in [2.24, 2.45) is 0 Å². The van der Waals surface area contributed by atoms with E-state index < -0.39 is 0 Å². The molecule has 0 unspecified atom stereocenters. The highest BCUT2D eigenvalue weighted by Crippen LogP contribution is 2.38. The Bertz CT molecular complexity index is 904. The summed E-state index contributed by atoms with van der Waals surface area (Å²) in [7, 11) is 0. The van der Waals surface area contributed by atoms with Gasteiger partial charge in [0.2, 0.25) is 0 Å². The maximum absolute atomic E-state index is 6.30. The molecule has 29 heavy (non-hydrogen) atoms. The molecule has 152 valence electrons. The molecule has 0 radical (unpaired) electrons. The molecule has 0 atom stereocenters. The van der Waals surface area contributed by atoms with Crippen molar-refractivity contribution in [3.63, 3.8) is 0 Å². The lowest BCUT2D eigenvalue weighted by molar-refractivity contribution is 0.310. The van der Waals surface area contributed by atoms with E-state index in [0.717, 1.165) is 44.5 Å². The van der Waals surface area contributed by atoms with Gasteiger partial charge in [-0.3, -0.25) is 0 Å². The molecule has 0 saturated carbocycles. The molecule has 0 fully saturated rings. The molecule has 1 heteroatoms. The third-order valence-electron chi connectivity index (χ3n) is 5.69. The van der Waals surface area contributed by atoms with Crippen LogP contribution in [-0.2, 0) is 19.3 Å². The Morgan fingerprint density at radius 3 is 1.66 bits per heavy atom. The van der Waals surface area contributed by atoms with Crippen LogP contribution < -0.4 is 4.74 Å². The predicted octanol–water partition coefficient (Wildman–Crippen LogP) is 7.89. The molecule has 1 nitrogen and oxygen atoms in total. The number of hydrogen-bond donors (Lipinski definition) is 0. The summed E-state index contributed by atoms with van der Waals surface area (Å²) in [6.45, 7) is 9.60. The second-order valence-corrected chi connectivity index (χ2v) is 7.66. The monoisotopic (exact) mass is 386 g/mol. The summed E-state index contributed by atoms with van der Waals surface area (Å²) < 4.78 is 6.30. The molecular formula is C28H34O. The van der Waals surface area contributed by atoms with Gasteiger partial charge in [0, 0.05) is 5.56 Å². The van der Waals surface area contributed by atoms with Gasteiger partial charge in [-0.05, 0) is 71.2 Å². The van der Waals surface area contributed by atoms with Crippen LogP contribution in [0.4, 0.5) is 0 Å². The fraction of sp³-hybridized carbons (Fsp3) is 0.357. The molecule has 0 N–H and O–H groups in total. The summed E-state index contributed by atoms with van der Waals surface area (Å²) in [5.41, 5.74) is 9.10. The van der Waals surface area contributed by atoms with Crippen molar-refractivity contribution in [2.45, 2.75) is 59.8 Å². The lowest BCUT2D eigenvalue weighted by Gasteiger charge is -2.18. The molecule has 0 aliphatic heterocycles. The van der Waals surface area contributed by atoms with Crippen molar-refractivity contribution < 1.29 is 4.74 Å². The standard InChI is InChI=1S/C28H34O/c1-5-9-18-29-28-20-26(24-14-10-21(6-2)11-15-24)23(8-4)19-27(28)25-16-12-22(7-3)13-17-25/h10-17,19-20H,5-9,18H2,1-4H3. The molecule has 0 aromatic heterocycles. The minimum Gasteiger partial charge on any atom is -0.493 e. The van der Waals surface area contributed by atoms with Crippen molar-refractivity contribution in [3.05, 3.63) is 77.4 Å². The van der Waals surface area contributed by atoms with E-state index >= 15 is 0 Å². The summed E-state index contributed by atoms with van der Waals surface area (Å²) in [6, 6.07) is 22.5. The Labute approximate surface area is 176 Å². The second kappa shape index (κ2) is 10.3. The normalized spacial score (nSPS) is 10.9. The Kier molecular flexibility index (Phi) is 7.52. The Hall–Kier alpha value is -2.54. The molecule has 3 aromatic rings. The zero-order chi connectivity index (χ0) is 20.6. The van der Waals surface area contributed by atoms with E-state index in [4.69, 9.17) is 4.74 Å². The number of ether oxygens (including phenoxy) is 1. The first kappa shape index (κ1) is 21.2. The number of benzene rings is 3. The van der Waals surface area contributed by atoms with E-state index in [-0.39, 0.29) is 0 Å². The maximum Gasteiger partial charge on any atom is 0.127 e. The number of rotatable bonds is 9. The number of aryl methyl sites for hydroxylation is 3. The molecule has 0 aliphatic rings. The first-order valence-corrected chi connectivity index (χ1v) is 11.2. The van der Waals surface area contributed by atoms with E-state index in [1.165, 1.54) is 38.9 Å². The van der Waals surface area contributed by atoms with Gasteiger partial charge in [-0.15, -0.1) is 0 Å². The second-order valence-electron chi connectivity index (χ2n) is 7.66. The van der Waals surface area contributed by atoms with Gasteiger partial charge >= 0.3 is 0 Å². The van der Waals surface area contributed by atoms with E-state index in [1.54, 1.807) is 0 Å². The fourth-order valence-corrected chi connectivity index (χ4v) is 3.70. The van der Waals surface area contributed by atoms with Crippen LogP contribution in [0.5, 0.6) is 5.75 Å². The summed E-state index contributed by atoms with van der Waals surface area (Å²) in [4.78, 5) is 0. The number of hydrogen-bond acceptors (Lipinski definition) is 1. The van der Waals surface area contributed by atoms with E-state index in [1.807, 2.05) is 0 Å². The van der Waals surface area contributed by atoms with Gasteiger partial charge in [-0.25, -0.2) is 0 Å². The Morgan fingerprint density at radius 2 is 1.17 bits per heavy atom. The van der Waals surface area contributed by atoms with Gasteiger partial charge in [-0.2, -0.15) is 0 Å². The van der Waals surface area contributed by atoms with Crippen molar-refractivity contribution in [1.29, 1.82) is 0 Å². The molecule has 0 heterocycles. The van der Waals surface area contributed by atoms with Crippen LogP contribution in [0.1, 0.15) is 57.2 Å². The van der Waals surface area contributed by atoms with Gasteiger partial charge in [-0.1, -0.05) is 82.6 Å². The predicted molar refractivity (Wildman–Crippen MR) is 126 cm³/mol. The first-order chi connectivity index (χ1) is 14.2. The Balaban J connectivity index is 2.08. The van der Waals surface area contributed by atoms with Crippen LogP contribution in [0, 0.1) is 0 Å². The fourth-order valence-electron chi connectivity index (χ4n) is 3.70. The lowest BCUT2D eigenvalue weighted by atomic mass is 9.92. The van der Waals surface area contributed by atoms with Crippen LogP contribution in [0.25, 0.3) is 22.3 Å². The Morgan fingerprint density at radius 1 is 0.621 bits per heavy atom. The summed E-state index contributed by atoms with van der Waals surface area (Å²) >= 11 is 0. The SMILES string of the molecule is CCCCOc1cc(-c2ccc(CC)cc2)c(CC)cc1-c1ccc(CC)cc1. The van der Waals surface area contributed by atoms with Crippen molar-refractivity contribution in [2.75, 3.05) is 6.61 Å². The van der Waals surface area contributed by atoms with Crippen LogP contribution in [0.3, 0.4) is 0 Å². The third kappa shape index (κ3) is 5.09. The van der Waals surface area contributed by atoms with Crippen LogP contribution in [-0.4, -0.2) is 6.61 Å². The minimum absolute atomic E-state index is 0.760. The molecule has 0 saturated heterocycles. The minimum atomic E-state index is 0.760. The van der Waals surface area contributed by atoms with Gasteiger partial charge < -0.3 is 4.74 Å². The molecule has 3 aromatic carbocycles. The lowest BCUT2D eigenvalue weighted by Crippen LogP contribution is -2.00. The van der Waals surface area contributed by atoms with E-state index in [9.17, 15) is 0 Å². The number of unbranched alkanes of at least 4 members (excludes halogenated alkanes) is 1. The first-order valence-electron chi connectivity index (χ1n) is 11.2. The topological polar surface area (TPSA) is 9.23 Å². The maximum atomic E-state index is 6.30. The van der Waals surface area contributed by atoms with E-state index in [0.29, 0.717) is 0 Å². The molecule has 0 amide bonds. The quantitative estimate of drug-likeness (QED) is 0.340. The summed E-state index contributed by atoms with van der Waals surface area (Å²) in [5, 5.41) is 0. The van der Waals surface area contributed by atoms with Crippen molar-refractivity contribution in [3.8, 4) is 28.0 Å². The van der Waals surface area contributed by atoms with Gasteiger partial charge in [0.25, 0.3) is 0 Å². The van der Waals surface area contributed by atoms with Gasteiger partial charge in [0.05, 0.1) is 6.61 Å². The van der Waals surface area contributed by atoms with Crippen molar-refractivity contribution >= 4 is 0 Å².